The number of halogens is 1. The van der Waals surface area contributed by atoms with E-state index >= 15 is 0 Å². The molecule has 8 aromatic carbocycles. The van der Waals surface area contributed by atoms with Gasteiger partial charge >= 0.3 is 0 Å². The summed E-state index contributed by atoms with van der Waals surface area (Å²) in [7, 11) is 0. The lowest BCUT2D eigenvalue weighted by atomic mass is 9.87. The van der Waals surface area contributed by atoms with Crippen molar-refractivity contribution in [3.8, 4) is 28.7 Å². The molecule has 3 aliphatic heterocycles. The second-order valence-corrected chi connectivity index (χ2v) is 29.7. The van der Waals surface area contributed by atoms with Crippen LogP contribution in [-0.2, 0) is 25.8 Å². The maximum absolute atomic E-state index is 13.2. The average molecular weight is 1520 g/mol. The molecular formula is C90H95ClN12O9. The molecule has 576 valence electrons. The Bertz CT molecular complexity index is 5060. The van der Waals surface area contributed by atoms with E-state index in [9.17, 15) is 24.0 Å². The van der Waals surface area contributed by atoms with Crippen molar-refractivity contribution in [2.75, 3.05) is 67.9 Å². The molecule has 0 radical (unpaired) electrons. The van der Waals surface area contributed by atoms with E-state index in [1.165, 1.54) is 11.8 Å². The fraction of sp³-hybridized carbons (Fsp3) is 0.244. The molecule has 15 rings (SSSR count). The van der Waals surface area contributed by atoms with E-state index in [2.05, 4.69) is 94.5 Å². The molecule has 9 N–H and O–H groups in total. The number of pyridine rings is 3. The van der Waals surface area contributed by atoms with E-state index in [1.54, 1.807) is 79.4 Å². The maximum atomic E-state index is 13.2. The number of para-hydroxylation sites is 3. The van der Waals surface area contributed by atoms with Crippen LogP contribution in [0.4, 0.5) is 57.1 Å². The number of fused-ring (bicyclic) bond motifs is 3. The Kier molecular flexibility index (Phi) is 26.5. The number of anilines is 10. The molecule has 22 heteroatoms. The number of carbonyl (C=O) groups is 5. The summed E-state index contributed by atoms with van der Waals surface area (Å²) in [5, 5.41) is 26.4. The Morgan fingerprint density at radius 3 is 1.25 bits per heavy atom. The summed E-state index contributed by atoms with van der Waals surface area (Å²) >= 11 is 5.96. The molecule has 5 amide bonds. The number of amides is 5. The molecule has 1 aliphatic carbocycles. The van der Waals surface area contributed by atoms with Crippen LogP contribution in [-0.4, -0.2) is 88.0 Å². The minimum absolute atomic E-state index is 0.0133. The van der Waals surface area contributed by atoms with Crippen molar-refractivity contribution in [1.82, 2.24) is 15.0 Å². The monoisotopic (exact) mass is 1520 g/mol. The SMILES string of the molecule is CC(=O)N1CC(C)(C)c2ccc(NC(=O)c3cccnc3Cl)cc21.CC(=O)N1CC(C)(C)c2ccc(NC(=O)c3cccnc3Nc3ccc(Oc4ccccc4)cc3)cc21.CC1(C)CNc2cc(NC(=O)c3cccnc3Nc3ccc(Oc4ccccc4)cc3)ccc21.CCO.NC1CCC(Oc2ccccc2)CC1. The number of hydrogen-bond acceptors (Lipinski definition) is 16. The van der Waals surface area contributed by atoms with Crippen LogP contribution in [0.5, 0.6) is 28.7 Å². The summed E-state index contributed by atoms with van der Waals surface area (Å²) < 4.78 is 17.5. The molecule has 1 fully saturated rings. The molecule has 0 saturated heterocycles. The fourth-order valence-electron chi connectivity index (χ4n) is 13.4. The van der Waals surface area contributed by atoms with Gasteiger partial charge in [0.05, 0.1) is 22.8 Å². The Morgan fingerprint density at radius 2 is 0.830 bits per heavy atom. The van der Waals surface area contributed by atoms with Gasteiger partial charge in [-0.15, -0.1) is 0 Å². The highest BCUT2D eigenvalue weighted by molar-refractivity contribution is 6.33. The summed E-state index contributed by atoms with van der Waals surface area (Å²) in [6.45, 7) is 20.0. The Hall–Kier alpha value is -12.4. The molecule has 1 saturated carbocycles. The highest BCUT2D eigenvalue weighted by atomic mass is 35.5. The molecule has 0 spiro atoms. The molecule has 0 bridgehead atoms. The predicted molar refractivity (Wildman–Crippen MR) is 447 cm³/mol. The number of hydrogen-bond donors (Lipinski definition) is 8. The molecule has 0 unspecified atom stereocenters. The van der Waals surface area contributed by atoms with Crippen LogP contribution in [0.15, 0.2) is 249 Å². The Morgan fingerprint density at radius 1 is 0.464 bits per heavy atom. The van der Waals surface area contributed by atoms with E-state index in [1.807, 2.05) is 188 Å². The van der Waals surface area contributed by atoms with Gasteiger partial charge in [0, 0.05) is 126 Å². The molecular weight excluding hydrogens is 1430 g/mol. The third kappa shape index (κ3) is 21.1. The second kappa shape index (κ2) is 36.9. The lowest BCUT2D eigenvalue weighted by Gasteiger charge is -2.26. The van der Waals surface area contributed by atoms with Gasteiger partial charge in [-0.25, -0.2) is 15.0 Å². The van der Waals surface area contributed by atoms with Crippen molar-refractivity contribution in [2.45, 2.75) is 116 Å². The van der Waals surface area contributed by atoms with Crippen molar-refractivity contribution in [3.63, 3.8) is 0 Å². The molecule has 0 atom stereocenters. The molecule has 21 nitrogen and oxygen atoms in total. The maximum Gasteiger partial charge on any atom is 0.259 e. The second-order valence-electron chi connectivity index (χ2n) is 29.4. The standard InChI is InChI=1S/C30H28N4O3.C28H26N4O2.C18H18ClN3O2.C12H17NO.C2H6O/c1-20(35)34-19-30(2,3)26-16-13-22(18-27(26)34)33-29(36)25-10-7-17-31-28(25)32-21-11-14-24(15-12-21)37-23-8-5-4-6-9-23;1-28(2)18-30-25-17-20(12-15-24(25)28)32-27(33)23-9-6-16-29-26(23)31-19-10-13-22(14-11-19)34-21-7-4-3-5-8-21;1-11(23)22-10-18(2,3)14-7-6-12(9-15(14)22)21-17(24)13-5-4-8-20-16(13)19;13-10-6-8-12(9-7-10)14-11-4-2-1-3-5-11;1-2-3/h4-18H,19H2,1-3H3,(H,31,32)(H,33,36);3-17,30H,18H2,1-2H3,(H,29,31)(H,32,33);4-9H,10H2,1-3H3,(H,21,24);1-5,10,12H,6-9,13H2;3H,2H2,1H3. The van der Waals surface area contributed by atoms with E-state index < -0.39 is 0 Å². The number of aromatic nitrogens is 3. The van der Waals surface area contributed by atoms with Gasteiger partial charge < -0.3 is 66.8 Å². The summed E-state index contributed by atoms with van der Waals surface area (Å²) in [6.07, 6.45) is 9.57. The fourth-order valence-corrected chi connectivity index (χ4v) is 13.6. The summed E-state index contributed by atoms with van der Waals surface area (Å²) in [5.74, 6) is 3.97. The van der Waals surface area contributed by atoms with Crippen LogP contribution in [0.25, 0.3) is 0 Å². The lowest BCUT2D eigenvalue weighted by Crippen LogP contribution is -2.32. The topological polar surface area (TPSA) is 277 Å². The van der Waals surface area contributed by atoms with Crippen molar-refractivity contribution < 1.29 is 43.3 Å². The zero-order valence-electron chi connectivity index (χ0n) is 64.4. The van der Waals surface area contributed by atoms with E-state index in [0.717, 1.165) is 100 Å². The van der Waals surface area contributed by atoms with Gasteiger partial charge in [0.2, 0.25) is 11.8 Å². The average Bonchev–Trinajstić information content (AvgIpc) is 1.62. The number of rotatable bonds is 16. The van der Waals surface area contributed by atoms with Gasteiger partial charge in [-0.3, -0.25) is 24.0 Å². The van der Waals surface area contributed by atoms with Crippen molar-refractivity contribution in [1.29, 1.82) is 0 Å². The zero-order valence-corrected chi connectivity index (χ0v) is 65.1. The first kappa shape index (κ1) is 80.6. The van der Waals surface area contributed by atoms with Crippen LogP contribution in [0.3, 0.4) is 0 Å². The number of ether oxygens (including phenoxy) is 3. The van der Waals surface area contributed by atoms with E-state index in [-0.39, 0.29) is 57.5 Å². The molecule has 112 heavy (non-hydrogen) atoms. The quantitative estimate of drug-likeness (QED) is 0.0418. The van der Waals surface area contributed by atoms with Crippen LogP contribution < -0.4 is 61.6 Å². The largest absolute Gasteiger partial charge is 0.490 e. The third-order valence-corrected chi connectivity index (χ3v) is 19.5. The first-order chi connectivity index (χ1) is 53.8. The summed E-state index contributed by atoms with van der Waals surface area (Å²) in [6, 6.07) is 72.1. The van der Waals surface area contributed by atoms with Crippen molar-refractivity contribution >= 4 is 98.3 Å². The normalized spacial score (nSPS) is 15.4. The van der Waals surface area contributed by atoms with Crippen LogP contribution in [0.2, 0.25) is 5.15 Å². The number of aliphatic hydroxyl groups is 1. The van der Waals surface area contributed by atoms with E-state index in [4.69, 9.17) is 36.7 Å². The minimum Gasteiger partial charge on any atom is -0.490 e. The first-order valence-corrected chi connectivity index (χ1v) is 37.7. The molecule has 11 aromatic rings. The zero-order chi connectivity index (χ0) is 79.5. The number of carbonyl (C=O) groups excluding carboxylic acids is 5. The highest BCUT2D eigenvalue weighted by Crippen LogP contribution is 2.44. The van der Waals surface area contributed by atoms with Crippen LogP contribution in [0, 0.1) is 0 Å². The van der Waals surface area contributed by atoms with Crippen LogP contribution in [0.1, 0.15) is 136 Å². The Labute approximate surface area is 659 Å². The van der Waals surface area contributed by atoms with Crippen LogP contribution >= 0.6 is 11.6 Å². The molecule has 4 aliphatic rings. The molecule has 6 heterocycles. The lowest BCUT2D eigenvalue weighted by molar-refractivity contribution is -0.117. The van der Waals surface area contributed by atoms with E-state index in [0.29, 0.717) is 70.7 Å². The number of nitrogens with zero attached hydrogens (tertiary/aromatic N) is 5. The Balaban J connectivity index is 0.000000153. The smallest absolute Gasteiger partial charge is 0.259 e. The van der Waals surface area contributed by atoms with Crippen molar-refractivity contribution in [2.24, 2.45) is 5.73 Å². The number of nitrogens with two attached hydrogens (primary N) is 1. The van der Waals surface area contributed by atoms with Gasteiger partial charge in [-0.1, -0.05) is 126 Å². The van der Waals surface area contributed by atoms with Gasteiger partial charge in [-0.05, 0) is 207 Å². The number of nitrogens with one attached hydrogen (secondary N) is 6. The number of aliphatic hydroxyl groups excluding tert-OH is 1. The third-order valence-electron chi connectivity index (χ3n) is 19.2. The highest BCUT2D eigenvalue weighted by Gasteiger charge is 2.39. The predicted octanol–water partition coefficient (Wildman–Crippen LogP) is 19.1. The van der Waals surface area contributed by atoms with Gasteiger partial charge in [-0.2, -0.15) is 0 Å². The van der Waals surface area contributed by atoms with Crippen molar-refractivity contribution in [3.05, 3.63) is 288 Å². The summed E-state index contributed by atoms with van der Waals surface area (Å²) in [4.78, 5) is 79.0. The van der Waals surface area contributed by atoms with Gasteiger partial charge in [0.1, 0.15) is 45.5 Å². The minimum atomic E-state index is -0.334. The molecule has 3 aromatic heterocycles. The van der Waals surface area contributed by atoms with Gasteiger partial charge in [0.25, 0.3) is 17.7 Å². The van der Waals surface area contributed by atoms with Gasteiger partial charge in [0.15, 0.2) is 0 Å². The first-order valence-electron chi connectivity index (χ1n) is 37.3. The number of benzene rings is 8. The summed E-state index contributed by atoms with van der Waals surface area (Å²) in [5.41, 5.74) is 16.5.